The summed E-state index contributed by atoms with van der Waals surface area (Å²) in [7, 11) is 0. The van der Waals surface area contributed by atoms with Crippen molar-refractivity contribution in [3.8, 4) is 11.6 Å². The third-order valence-corrected chi connectivity index (χ3v) is 2.82. The molecule has 7 heteroatoms. The summed E-state index contributed by atoms with van der Waals surface area (Å²) in [4.78, 5) is 18.5. The number of halogens is 1. The Hall–Kier alpha value is -2.21. The van der Waals surface area contributed by atoms with Crippen LogP contribution in [0.2, 0.25) is 5.15 Å². The van der Waals surface area contributed by atoms with E-state index in [1.165, 1.54) is 18.2 Å². The van der Waals surface area contributed by atoms with Crippen molar-refractivity contribution in [3.05, 3.63) is 50.9 Å². The van der Waals surface area contributed by atoms with E-state index in [9.17, 15) is 10.1 Å². The Morgan fingerprint density at radius 1 is 1.35 bits per heavy atom. The Bertz CT molecular complexity index is 661. The summed E-state index contributed by atoms with van der Waals surface area (Å²) in [5, 5.41) is 11.0. The number of nitro benzene ring substituents is 1. The summed E-state index contributed by atoms with van der Waals surface area (Å²) in [6.07, 6.45) is 0.616. The van der Waals surface area contributed by atoms with Crippen LogP contribution in [0.4, 0.5) is 5.69 Å². The van der Waals surface area contributed by atoms with E-state index in [0.717, 1.165) is 5.56 Å². The van der Waals surface area contributed by atoms with Gasteiger partial charge in [0.25, 0.3) is 5.69 Å². The average molecular weight is 294 g/mol. The fraction of sp³-hybridized carbons (Fsp3) is 0.231. The molecule has 0 aliphatic carbocycles. The Kier molecular flexibility index (Phi) is 4.14. The van der Waals surface area contributed by atoms with Crippen molar-refractivity contribution in [2.75, 3.05) is 0 Å². The predicted molar refractivity (Wildman–Crippen MR) is 74.3 cm³/mol. The van der Waals surface area contributed by atoms with E-state index >= 15 is 0 Å². The van der Waals surface area contributed by atoms with Crippen LogP contribution in [0.3, 0.4) is 0 Å². The number of aryl methyl sites for hydroxylation is 2. The lowest BCUT2D eigenvalue weighted by molar-refractivity contribution is -0.384. The highest BCUT2D eigenvalue weighted by Crippen LogP contribution is 2.28. The fourth-order valence-electron chi connectivity index (χ4n) is 1.58. The standard InChI is InChI=1S/C13H12ClN3O3/c1-3-12-15-11(14)7-13(16-12)20-10-6-9(17(18)19)5-4-8(10)2/h4-7H,3H2,1-2H3. The highest BCUT2D eigenvalue weighted by molar-refractivity contribution is 6.29. The third kappa shape index (κ3) is 3.21. The van der Waals surface area contributed by atoms with Crippen LogP contribution < -0.4 is 4.74 Å². The van der Waals surface area contributed by atoms with Crippen LogP contribution in [0.1, 0.15) is 18.3 Å². The van der Waals surface area contributed by atoms with Crippen LogP contribution in [0.5, 0.6) is 11.6 Å². The number of rotatable bonds is 4. The van der Waals surface area contributed by atoms with Gasteiger partial charge in [0, 0.05) is 18.6 Å². The quantitative estimate of drug-likeness (QED) is 0.488. The maximum absolute atomic E-state index is 10.8. The molecule has 0 radical (unpaired) electrons. The molecule has 1 aromatic carbocycles. The molecule has 20 heavy (non-hydrogen) atoms. The molecule has 1 heterocycles. The van der Waals surface area contributed by atoms with Crippen molar-refractivity contribution in [1.82, 2.24) is 9.97 Å². The zero-order valence-electron chi connectivity index (χ0n) is 11.0. The Morgan fingerprint density at radius 2 is 2.10 bits per heavy atom. The maximum Gasteiger partial charge on any atom is 0.273 e. The van der Waals surface area contributed by atoms with E-state index in [0.29, 0.717) is 18.0 Å². The molecule has 6 nitrogen and oxygen atoms in total. The molecule has 0 fully saturated rings. The Balaban J connectivity index is 2.36. The molecule has 0 bridgehead atoms. The van der Waals surface area contributed by atoms with Crippen LogP contribution in [-0.4, -0.2) is 14.9 Å². The minimum absolute atomic E-state index is 0.0403. The fourth-order valence-corrected chi connectivity index (χ4v) is 1.77. The molecule has 0 aliphatic heterocycles. The first-order valence-corrected chi connectivity index (χ1v) is 6.33. The second kappa shape index (κ2) is 5.83. The molecule has 0 unspecified atom stereocenters. The molecule has 0 saturated carbocycles. The molecule has 0 N–H and O–H groups in total. The monoisotopic (exact) mass is 293 g/mol. The molecule has 0 spiro atoms. The molecule has 2 aromatic rings. The van der Waals surface area contributed by atoms with Gasteiger partial charge >= 0.3 is 0 Å². The van der Waals surface area contributed by atoms with Gasteiger partial charge in [-0.3, -0.25) is 10.1 Å². The largest absolute Gasteiger partial charge is 0.438 e. The molecular weight excluding hydrogens is 282 g/mol. The van der Waals surface area contributed by atoms with Gasteiger partial charge in [-0.1, -0.05) is 18.5 Å². The first-order chi connectivity index (χ1) is 9.49. The van der Waals surface area contributed by atoms with Crippen LogP contribution in [-0.2, 0) is 6.42 Å². The van der Waals surface area contributed by atoms with E-state index in [-0.39, 0.29) is 16.7 Å². The van der Waals surface area contributed by atoms with Crippen molar-refractivity contribution in [3.63, 3.8) is 0 Å². The summed E-state index contributed by atoms with van der Waals surface area (Å²) in [6, 6.07) is 5.87. The Labute approximate surface area is 120 Å². The Morgan fingerprint density at radius 3 is 2.75 bits per heavy atom. The van der Waals surface area contributed by atoms with E-state index in [2.05, 4.69) is 9.97 Å². The lowest BCUT2D eigenvalue weighted by Crippen LogP contribution is -1.98. The van der Waals surface area contributed by atoms with Crippen LogP contribution in [0, 0.1) is 17.0 Å². The zero-order valence-corrected chi connectivity index (χ0v) is 11.7. The number of benzene rings is 1. The first-order valence-electron chi connectivity index (χ1n) is 5.96. The molecular formula is C13H12ClN3O3. The van der Waals surface area contributed by atoms with E-state index in [1.54, 1.807) is 13.0 Å². The summed E-state index contributed by atoms with van der Waals surface area (Å²) in [5.41, 5.74) is 0.727. The zero-order chi connectivity index (χ0) is 14.7. The predicted octanol–water partition coefficient (Wildman–Crippen LogP) is 3.70. The molecule has 104 valence electrons. The van der Waals surface area contributed by atoms with Gasteiger partial charge in [0.2, 0.25) is 5.88 Å². The number of hydrogen-bond acceptors (Lipinski definition) is 5. The first kappa shape index (κ1) is 14.2. The normalized spacial score (nSPS) is 10.3. The van der Waals surface area contributed by atoms with E-state index in [1.807, 2.05) is 6.92 Å². The average Bonchev–Trinajstić information content (AvgIpc) is 2.40. The molecule has 0 atom stereocenters. The van der Waals surface area contributed by atoms with Crippen molar-refractivity contribution in [2.24, 2.45) is 0 Å². The second-order valence-electron chi connectivity index (χ2n) is 4.11. The van der Waals surface area contributed by atoms with Crippen LogP contribution in [0.25, 0.3) is 0 Å². The van der Waals surface area contributed by atoms with Gasteiger partial charge in [-0.05, 0) is 18.6 Å². The van der Waals surface area contributed by atoms with Gasteiger partial charge in [0.1, 0.15) is 16.7 Å². The van der Waals surface area contributed by atoms with Gasteiger partial charge in [-0.15, -0.1) is 0 Å². The van der Waals surface area contributed by atoms with Crippen molar-refractivity contribution in [1.29, 1.82) is 0 Å². The molecule has 0 saturated heterocycles. The summed E-state index contributed by atoms with van der Waals surface area (Å²) >= 11 is 5.88. The highest BCUT2D eigenvalue weighted by Gasteiger charge is 2.12. The summed E-state index contributed by atoms with van der Waals surface area (Å²) < 4.78 is 5.58. The number of nitrogens with zero attached hydrogens (tertiary/aromatic N) is 3. The number of hydrogen-bond donors (Lipinski definition) is 0. The number of ether oxygens (including phenoxy) is 1. The lowest BCUT2D eigenvalue weighted by Gasteiger charge is -2.08. The van der Waals surface area contributed by atoms with Crippen molar-refractivity contribution < 1.29 is 9.66 Å². The van der Waals surface area contributed by atoms with Crippen LogP contribution in [0.15, 0.2) is 24.3 Å². The number of aromatic nitrogens is 2. The van der Waals surface area contributed by atoms with Gasteiger partial charge in [0.05, 0.1) is 11.0 Å². The maximum atomic E-state index is 10.8. The van der Waals surface area contributed by atoms with Gasteiger partial charge in [-0.25, -0.2) is 4.98 Å². The van der Waals surface area contributed by atoms with Gasteiger partial charge in [0.15, 0.2) is 0 Å². The van der Waals surface area contributed by atoms with Gasteiger partial charge in [-0.2, -0.15) is 4.98 Å². The summed E-state index contributed by atoms with van der Waals surface area (Å²) in [6.45, 7) is 3.69. The van der Waals surface area contributed by atoms with Gasteiger partial charge < -0.3 is 4.74 Å². The molecule has 1 aromatic heterocycles. The minimum atomic E-state index is -0.475. The van der Waals surface area contributed by atoms with Crippen molar-refractivity contribution >= 4 is 17.3 Å². The number of non-ortho nitro benzene ring substituents is 1. The molecule has 0 aliphatic rings. The minimum Gasteiger partial charge on any atom is -0.438 e. The highest BCUT2D eigenvalue weighted by atomic mass is 35.5. The van der Waals surface area contributed by atoms with E-state index < -0.39 is 4.92 Å². The third-order valence-electron chi connectivity index (χ3n) is 2.63. The molecule has 0 amide bonds. The lowest BCUT2D eigenvalue weighted by atomic mass is 10.2. The second-order valence-corrected chi connectivity index (χ2v) is 4.49. The number of nitro groups is 1. The summed E-state index contributed by atoms with van der Waals surface area (Å²) in [5.74, 6) is 1.19. The van der Waals surface area contributed by atoms with Crippen molar-refractivity contribution in [2.45, 2.75) is 20.3 Å². The van der Waals surface area contributed by atoms with Crippen LogP contribution >= 0.6 is 11.6 Å². The van der Waals surface area contributed by atoms with E-state index in [4.69, 9.17) is 16.3 Å². The topological polar surface area (TPSA) is 78.2 Å². The SMILES string of the molecule is CCc1nc(Cl)cc(Oc2cc([N+](=O)[O-])ccc2C)n1. The smallest absolute Gasteiger partial charge is 0.273 e. The molecule has 2 rings (SSSR count).